The molecule has 0 fully saturated rings. The summed E-state index contributed by atoms with van der Waals surface area (Å²) in [6.07, 6.45) is 4.86. The molecule has 0 unspecified atom stereocenters. The molecule has 2 nitrogen and oxygen atoms in total. The molecule has 1 aromatic carbocycles. The fraction of sp³-hybridized carbons (Fsp3) is 0.462. The number of carbonyl (C=O) groups excluding carboxylic acids is 1. The number of aryl methyl sites for hydroxylation is 2. The predicted octanol–water partition coefficient (Wildman–Crippen LogP) is 1.97. The van der Waals surface area contributed by atoms with Crippen LogP contribution < -0.4 is 5.32 Å². The van der Waals surface area contributed by atoms with Crippen molar-refractivity contribution in [3.63, 3.8) is 0 Å². The SMILES string of the molecule is CNCC(=O)c1ccc2c(c1)CCCC2. The van der Waals surface area contributed by atoms with Gasteiger partial charge < -0.3 is 5.32 Å². The van der Waals surface area contributed by atoms with E-state index in [0.717, 1.165) is 12.0 Å². The molecule has 0 saturated carbocycles. The van der Waals surface area contributed by atoms with Crippen LogP contribution in [0.25, 0.3) is 0 Å². The van der Waals surface area contributed by atoms with Gasteiger partial charge in [-0.05, 0) is 49.9 Å². The molecule has 80 valence electrons. The number of nitrogens with one attached hydrogen (secondary N) is 1. The zero-order chi connectivity index (χ0) is 10.7. The van der Waals surface area contributed by atoms with E-state index in [9.17, 15) is 4.79 Å². The Morgan fingerprint density at radius 3 is 2.73 bits per heavy atom. The second-order valence-electron chi connectivity index (χ2n) is 4.14. The van der Waals surface area contributed by atoms with Crippen molar-refractivity contribution < 1.29 is 4.79 Å². The van der Waals surface area contributed by atoms with Gasteiger partial charge in [0.25, 0.3) is 0 Å². The molecule has 0 amide bonds. The van der Waals surface area contributed by atoms with Gasteiger partial charge in [-0.15, -0.1) is 0 Å². The third kappa shape index (κ3) is 2.26. The van der Waals surface area contributed by atoms with Gasteiger partial charge in [-0.1, -0.05) is 12.1 Å². The Morgan fingerprint density at radius 2 is 2.00 bits per heavy atom. The van der Waals surface area contributed by atoms with Crippen LogP contribution in [0.3, 0.4) is 0 Å². The summed E-state index contributed by atoms with van der Waals surface area (Å²) in [4.78, 5) is 11.7. The lowest BCUT2D eigenvalue weighted by atomic mass is 9.90. The van der Waals surface area contributed by atoms with E-state index in [0.29, 0.717) is 6.54 Å². The van der Waals surface area contributed by atoms with Crippen LogP contribution in [0, 0.1) is 0 Å². The van der Waals surface area contributed by atoms with Crippen molar-refractivity contribution in [2.45, 2.75) is 25.7 Å². The summed E-state index contributed by atoms with van der Waals surface area (Å²) in [7, 11) is 1.80. The third-order valence-electron chi connectivity index (χ3n) is 3.01. The average molecular weight is 203 g/mol. The summed E-state index contributed by atoms with van der Waals surface area (Å²) in [6, 6.07) is 6.16. The first-order valence-corrected chi connectivity index (χ1v) is 5.61. The summed E-state index contributed by atoms with van der Waals surface area (Å²) in [5.74, 6) is 0.186. The van der Waals surface area contributed by atoms with Crippen LogP contribution in [0.4, 0.5) is 0 Å². The minimum absolute atomic E-state index is 0.186. The molecule has 1 aliphatic carbocycles. The molecule has 1 aromatic rings. The van der Waals surface area contributed by atoms with Crippen molar-refractivity contribution in [2.75, 3.05) is 13.6 Å². The van der Waals surface area contributed by atoms with Gasteiger partial charge in [0.2, 0.25) is 0 Å². The minimum Gasteiger partial charge on any atom is -0.313 e. The molecule has 0 heterocycles. The van der Waals surface area contributed by atoms with Gasteiger partial charge in [0.05, 0.1) is 6.54 Å². The lowest BCUT2D eigenvalue weighted by Gasteiger charge is -2.16. The normalized spacial score (nSPS) is 14.7. The van der Waals surface area contributed by atoms with E-state index >= 15 is 0 Å². The average Bonchev–Trinajstić information content (AvgIpc) is 2.29. The van der Waals surface area contributed by atoms with Crippen molar-refractivity contribution in [1.29, 1.82) is 0 Å². The van der Waals surface area contributed by atoms with Gasteiger partial charge in [-0.25, -0.2) is 0 Å². The molecule has 0 aliphatic heterocycles. The summed E-state index contributed by atoms with van der Waals surface area (Å²) < 4.78 is 0. The van der Waals surface area contributed by atoms with Gasteiger partial charge in [0.1, 0.15) is 0 Å². The molecule has 0 aromatic heterocycles. The number of hydrogen-bond donors (Lipinski definition) is 1. The second-order valence-corrected chi connectivity index (χ2v) is 4.14. The van der Waals surface area contributed by atoms with Gasteiger partial charge in [-0.3, -0.25) is 4.79 Å². The lowest BCUT2D eigenvalue weighted by Crippen LogP contribution is -2.19. The van der Waals surface area contributed by atoms with Crippen LogP contribution in [0.1, 0.15) is 34.3 Å². The maximum atomic E-state index is 11.7. The molecule has 0 radical (unpaired) electrons. The summed E-state index contributed by atoms with van der Waals surface area (Å²) in [5.41, 5.74) is 3.66. The summed E-state index contributed by atoms with van der Waals surface area (Å²) >= 11 is 0. The first-order valence-electron chi connectivity index (χ1n) is 5.61. The second kappa shape index (κ2) is 4.58. The highest BCUT2D eigenvalue weighted by Crippen LogP contribution is 2.22. The van der Waals surface area contributed by atoms with Crippen LogP contribution >= 0.6 is 0 Å². The fourth-order valence-electron chi connectivity index (χ4n) is 2.17. The number of ketones is 1. The van der Waals surface area contributed by atoms with E-state index in [1.807, 2.05) is 6.07 Å². The van der Waals surface area contributed by atoms with E-state index in [1.54, 1.807) is 7.05 Å². The molecule has 2 heteroatoms. The lowest BCUT2D eigenvalue weighted by molar-refractivity contribution is 0.0993. The van der Waals surface area contributed by atoms with Crippen LogP contribution in [-0.2, 0) is 12.8 Å². The number of fused-ring (bicyclic) bond motifs is 1. The Hall–Kier alpha value is -1.15. The third-order valence-corrected chi connectivity index (χ3v) is 3.01. The van der Waals surface area contributed by atoms with Gasteiger partial charge >= 0.3 is 0 Å². The standard InChI is InChI=1S/C13H17NO/c1-14-9-13(15)12-7-6-10-4-2-3-5-11(10)8-12/h6-8,14H,2-5,9H2,1H3. The number of likely N-dealkylation sites (N-methyl/N-ethyl adjacent to an activating group) is 1. The molecule has 0 bridgehead atoms. The Kier molecular flexibility index (Phi) is 3.17. The number of hydrogen-bond acceptors (Lipinski definition) is 2. The van der Waals surface area contributed by atoms with Crippen LogP contribution in [0.15, 0.2) is 18.2 Å². The van der Waals surface area contributed by atoms with Crippen LogP contribution in [-0.4, -0.2) is 19.4 Å². The maximum Gasteiger partial charge on any atom is 0.176 e. The number of Topliss-reactive ketones (excluding diaryl/α,β-unsaturated/α-hetero) is 1. The van der Waals surface area contributed by atoms with E-state index < -0.39 is 0 Å². The Bertz CT molecular complexity index is 371. The van der Waals surface area contributed by atoms with Crippen LogP contribution in [0.2, 0.25) is 0 Å². The molecule has 1 aliphatic rings. The molecular weight excluding hydrogens is 186 g/mol. The van der Waals surface area contributed by atoms with Crippen molar-refractivity contribution in [1.82, 2.24) is 5.32 Å². The zero-order valence-electron chi connectivity index (χ0n) is 9.18. The Balaban J connectivity index is 2.24. The van der Waals surface area contributed by atoms with E-state index in [1.165, 1.54) is 30.4 Å². The smallest absolute Gasteiger partial charge is 0.176 e. The highest BCUT2D eigenvalue weighted by atomic mass is 16.1. The van der Waals surface area contributed by atoms with Crippen molar-refractivity contribution in [3.05, 3.63) is 34.9 Å². The van der Waals surface area contributed by atoms with Gasteiger partial charge in [0.15, 0.2) is 5.78 Å². The zero-order valence-corrected chi connectivity index (χ0v) is 9.18. The molecule has 2 rings (SSSR count). The highest BCUT2D eigenvalue weighted by molar-refractivity contribution is 5.97. The molecule has 15 heavy (non-hydrogen) atoms. The minimum atomic E-state index is 0.186. The highest BCUT2D eigenvalue weighted by Gasteiger charge is 2.11. The Morgan fingerprint density at radius 1 is 1.27 bits per heavy atom. The summed E-state index contributed by atoms with van der Waals surface area (Å²) in [5, 5.41) is 2.90. The van der Waals surface area contributed by atoms with Crippen LogP contribution in [0.5, 0.6) is 0 Å². The monoisotopic (exact) mass is 203 g/mol. The largest absolute Gasteiger partial charge is 0.313 e. The van der Waals surface area contributed by atoms with Gasteiger partial charge in [-0.2, -0.15) is 0 Å². The van der Waals surface area contributed by atoms with E-state index in [4.69, 9.17) is 0 Å². The summed E-state index contributed by atoms with van der Waals surface area (Å²) in [6.45, 7) is 0.429. The van der Waals surface area contributed by atoms with Gasteiger partial charge in [0, 0.05) is 5.56 Å². The predicted molar refractivity (Wildman–Crippen MR) is 61.3 cm³/mol. The van der Waals surface area contributed by atoms with E-state index in [2.05, 4.69) is 17.4 Å². The Labute approximate surface area is 90.7 Å². The first kappa shape index (κ1) is 10.4. The van der Waals surface area contributed by atoms with E-state index in [-0.39, 0.29) is 5.78 Å². The number of carbonyl (C=O) groups is 1. The molecular formula is C13H17NO. The molecule has 1 N–H and O–H groups in total. The first-order chi connectivity index (χ1) is 7.31. The maximum absolute atomic E-state index is 11.7. The molecule has 0 spiro atoms. The fourth-order valence-corrected chi connectivity index (χ4v) is 2.17. The molecule has 0 saturated heterocycles. The van der Waals surface area contributed by atoms with Crippen molar-refractivity contribution >= 4 is 5.78 Å². The van der Waals surface area contributed by atoms with Crippen molar-refractivity contribution in [3.8, 4) is 0 Å². The molecule has 0 atom stereocenters. The quantitative estimate of drug-likeness (QED) is 0.761. The topological polar surface area (TPSA) is 29.1 Å². The number of benzene rings is 1. The number of rotatable bonds is 3. The van der Waals surface area contributed by atoms with Crippen molar-refractivity contribution in [2.24, 2.45) is 0 Å².